The van der Waals surface area contributed by atoms with Crippen LogP contribution in [0.5, 0.6) is 0 Å². The number of fused-ring (bicyclic) bond motifs is 1. The van der Waals surface area contributed by atoms with Gasteiger partial charge in [-0.3, -0.25) is 19.3 Å². The average molecular weight is 450 g/mol. The van der Waals surface area contributed by atoms with Gasteiger partial charge in [-0.2, -0.15) is 0 Å². The number of hydrogen-bond acceptors (Lipinski definition) is 3. The largest absolute Gasteiger partial charge is 0.280 e. The van der Waals surface area contributed by atoms with Crippen LogP contribution >= 0.6 is 11.6 Å². The van der Waals surface area contributed by atoms with Gasteiger partial charge in [0.1, 0.15) is 11.6 Å². The van der Waals surface area contributed by atoms with E-state index in [9.17, 15) is 22.0 Å². The minimum Gasteiger partial charge on any atom is -0.280 e. The molecule has 3 aromatic carbocycles. The van der Waals surface area contributed by atoms with Crippen LogP contribution in [-0.2, 0) is 16.6 Å². The van der Waals surface area contributed by atoms with Gasteiger partial charge in [-0.1, -0.05) is 23.7 Å². The van der Waals surface area contributed by atoms with Crippen molar-refractivity contribution < 1.29 is 17.2 Å². The highest BCUT2D eigenvalue weighted by molar-refractivity contribution is 7.92. The van der Waals surface area contributed by atoms with Crippen LogP contribution in [0.1, 0.15) is 5.56 Å². The Morgan fingerprint density at radius 1 is 1.00 bits per heavy atom. The molecule has 4 aromatic rings. The van der Waals surface area contributed by atoms with Gasteiger partial charge in [-0.05, 0) is 54.1 Å². The lowest BCUT2D eigenvalue weighted by molar-refractivity contribution is 0.599. The van der Waals surface area contributed by atoms with Crippen molar-refractivity contribution in [2.24, 2.45) is 0 Å². The Labute approximate surface area is 174 Å². The fraction of sp³-hybridized carbons (Fsp3) is 0.0500. The summed E-state index contributed by atoms with van der Waals surface area (Å²) >= 11 is 5.66. The summed E-state index contributed by atoms with van der Waals surface area (Å²) in [6.45, 7) is 0.304. The lowest BCUT2D eigenvalue weighted by atomic mass is 10.2. The predicted molar refractivity (Wildman–Crippen MR) is 110 cm³/mol. The zero-order valence-corrected chi connectivity index (χ0v) is 16.8. The first-order valence-corrected chi connectivity index (χ1v) is 10.5. The Kier molecular flexibility index (Phi) is 5.08. The van der Waals surface area contributed by atoms with Crippen LogP contribution < -0.4 is 10.3 Å². The Morgan fingerprint density at radius 2 is 1.73 bits per heavy atom. The predicted octanol–water partition coefficient (Wildman–Crippen LogP) is 4.11. The minimum absolute atomic E-state index is 0.160. The molecule has 0 saturated carbocycles. The van der Waals surface area contributed by atoms with Gasteiger partial charge in [0, 0.05) is 5.69 Å². The van der Waals surface area contributed by atoms with Crippen molar-refractivity contribution in [2.75, 3.05) is 4.72 Å². The van der Waals surface area contributed by atoms with Gasteiger partial charge in [0.15, 0.2) is 0 Å². The van der Waals surface area contributed by atoms with Gasteiger partial charge in [0.05, 0.1) is 27.4 Å². The highest BCUT2D eigenvalue weighted by atomic mass is 35.5. The summed E-state index contributed by atoms with van der Waals surface area (Å²) in [4.78, 5) is 12.1. The minimum atomic E-state index is -4.04. The van der Waals surface area contributed by atoms with E-state index in [0.29, 0.717) is 12.1 Å². The third kappa shape index (κ3) is 3.94. The van der Waals surface area contributed by atoms with E-state index in [2.05, 4.69) is 9.82 Å². The number of aromatic nitrogens is 2. The quantitative estimate of drug-likeness (QED) is 0.481. The van der Waals surface area contributed by atoms with E-state index in [1.165, 1.54) is 24.3 Å². The molecule has 0 fully saturated rings. The zero-order valence-electron chi connectivity index (χ0n) is 15.2. The van der Waals surface area contributed by atoms with Crippen molar-refractivity contribution in [2.45, 2.75) is 11.4 Å². The topological polar surface area (TPSA) is 84.0 Å². The number of rotatable bonds is 5. The second-order valence-electron chi connectivity index (χ2n) is 6.57. The molecule has 154 valence electrons. The van der Waals surface area contributed by atoms with Crippen molar-refractivity contribution >= 4 is 38.2 Å². The SMILES string of the molecule is O=c1[nH]n(Cc2ccc(F)cc2)c2ccc(NS(=O)(=O)c3ccc(F)c(Cl)c3)cc12. The molecule has 0 unspecified atom stereocenters. The maximum absolute atomic E-state index is 13.3. The molecule has 2 N–H and O–H groups in total. The van der Waals surface area contributed by atoms with Crippen molar-refractivity contribution in [3.05, 3.63) is 93.2 Å². The monoisotopic (exact) mass is 449 g/mol. The lowest BCUT2D eigenvalue weighted by Crippen LogP contribution is -2.13. The normalized spacial score (nSPS) is 11.7. The summed E-state index contributed by atoms with van der Waals surface area (Å²) in [6, 6.07) is 13.4. The van der Waals surface area contributed by atoms with Gasteiger partial charge in [-0.15, -0.1) is 0 Å². The summed E-state index contributed by atoms with van der Waals surface area (Å²) in [6.07, 6.45) is 0. The molecule has 0 amide bonds. The van der Waals surface area contributed by atoms with Crippen molar-refractivity contribution in [3.63, 3.8) is 0 Å². The average Bonchev–Trinajstić information content (AvgIpc) is 3.00. The molecule has 0 saturated heterocycles. The number of anilines is 1. The number of H-pyrrole nitrogens is 1. The number of benzene rings is 3. The molecule has 6 nitrogen and oxygen atoms in total. The molecule has 0 spiro atoms. The molecule has 0 aliphatic rings. The number of nitrogens with one attached hydrogen (secondary N) is 2. The maximum atomic E-state index is 13.3. The highest BCUT2D eigenvalue weighted by Crippen LogP contribution is 2.23. The first-order chi connectivity index (χ1) is 14.2. The number of hydrogen-bond donors (Lipinski definition) is 2. The van der Waals surface area contributed by atoms with Crippen molar-refractivity contribution in [3.8, 4) is 0 Å². The van der Waals surface area contributed by atoms with Crippen LogP contribution in [0.25, 0.3) is 10.9 Å². The fourth-order valence-corrected chi connectivity index (χ4v) is 4.34. The molecule has 0 bridgehead atoms. The summed E-state index contributed by atoms with van der Waals surface area (Å²) < 4.78 is 55.4. The summed E-state index contributed by atoms with van der Waals surface area (Å²) in [5, 5.41) is 2.64. The first kappa shape index (κ1) is 20.1. The van der Waals surface area contributed by atoms with E-state index in [0.717, 1.165) is 23.8 Å². The van der Waals surface area contributed by atoms with E-state index in [1.807, 2.05) is 0 Å². The number of sulfonamides is 1. The Morgan fingerprint density at radius 3 is 2.43 bits per heavy atom. The lowest BCUT2D eigenvalue weighted by Gasteiger charge is -2.09. The summed E-state index contributed by atoms with van der Waals surface area (Å²) in [7, 11) is -4.04. The molecule has 4 rings (SSSR count). The van der Waals surface area contributed by atoms with Gasteiger partial charge in [0.25, 0.3) is 15.6 Å². The van der Waals surface area contributed by atoms with Crippen LogP contribution in [-0.4, -0.2) is 18.2 Å². The first-order valence-electron chi connectivity index (χ1n) is 8.68. The third-order valence-corrected chi connectivity index (χ3v) is 6.14. The van der Waals surface area contributed by atoms with Crippen LogP contribution in [0.3, 0.4) is 0 Å². The van der Waals surface area contributed by atoms with E-state index < -0.39 is 21.4 Å². The molecule has 0 aliphatic carbocycles. The van der Waals surface area contributed by atoms with Crippen LogP contribution in [0.4, 0.5) is 14.5 Å². The smallest absolute Gasteiger partial charge is 0.272 e. The van der Waals surface area contributed by atoms with Gasteiger partial charge in [-0.25, -0.2) is 17.2 Å². The van der Waals surface area contributed by atoms with Crippen molar-refractivity contribution in [1.29, 1.82) is 0 Å². The highest BCUT2D eigenvalue weighted by Gasteiger charge is 2.17. The second-order valence-corrected chi connectivity index (χ2v) is 8.66. The Bertz CT molecular complexity index is 1410. The van der Waals surface area contributed by atoms with Crippen molar-refractivity contribution in [1.82, 2.24) is 9.78 Å². The van der Waals surface area contributed by atoms with Gasteiger partial charge < -0.3 is 0 Å². The summed E-state index contributed by atoms with van der Waals surface area (Å²) in [5.74, 6) is -1.09. The Hall–Kier alpha value is -3.17. The Balaban J connectivity index is 1.65. The van der Waals surface area contributed by atoms with Gasteiger partial charge in [0.2, 0.25) is 0 Å². The van der Waals surface area contributed by atoms with E-state index in [4.69, 9.17) is 11.6 Å². The van der Waals surface area contributed by atoms with E-state index >= 15 is 0 Å². The molecular formula is C20H14ClF2N3O3S. The van der Waals surface area contributed by atoms with E-state index in [1.54, 1.807) is 22.9 Å². The number of aromatic amines is 1. The fourth-order valence-electron chi connectivity index (χ4n) is 3.01. The van der Waals surface area contributed by atoms with Gasteiger partial charge >= 0.3 is 0 Å². The molecule has 1 aromatic heterocycles. The molecule has 0 radical (unpaired) electrons. The molecular weight excluding hydrogens is 436 g/mol. The zero-order chi connectivity index (χ0) is 21.5. The maximum Gasteiger partial charge on any atom is 0.272 e. The van der Waals surface area contributed by atoms with Crippen LogP contribution in [0, 0.1) is 11.6 Å². The third-order valence-electron chi connectivity index (χ3n) is 4.48. The molecule has 1 heterocycles. The molecule has 0 aliphatic heterocycles. The van der Waals surface area contributed by atoms with Crippen LogP contribution in [0.2, 0.25) is 5.02 Å². The summed E-state index contributed by atoms with van der Waals surface area (Å²) in [5.41, 5.74) is 1.09. The standard InChI is InChI=1S/C20H14ClF2N3O3S/c21-17-10-15(6-7-18(17)23)30(28,29)25-14-5-8-19-16(9-14)20(27)24-26(19)11-12-1-3-13(22)4-2-12/h1-10,25H,11H2,(H,24,27). The second kappa shape index (κ2) is 7.58. The molecule has 10 heteroatoms. The number of halogens is 3. The molecule has 0 atom stereocenters. The van der Waals surface area contributed by atoms with Crippen LogP contribution in [0.15, 0.2) is 70.4 Å². The molecule has 30 heavy (non-hydrogen) atoms. The number of nitrogens with zero attached hydrogens (tertiary/aromatic N) is 1. The van der Waals surface area contributed by atoms with E-state index in [-0.39, 0.29) is 26.8 Å².